The Balaban J connectivity index is 1.52. The summed E-state index contributed by atoms with van der Waals surface area (Å²) in [5.41, 5.74) is 4.20. The molecule has 0 unspecified atom stereocenters. The van der Waals surface area contributed by atoms with Gasteiger partial charge in [-0.1, -0.05) is 60.3 Å². The number of amides is 1. The predicted molar refractivity (Wildman–Crippen MR) is 152 cm³/mol. The quantitative estimate of drug-likeness (QED) is 0.188. The molecular formula is C30H28F3N5O2S. The molecule has 0 saturated carbocycles. The molecule has 2 N–H and O–H groups in total. The van der Waals surface area contributed by atoms with Gasteiger partial charge in [0.25, 0.3) is 0 Å². The number of hydrogen-bond acceptors (Lipinski definition) is 5. The number of methoxy groups -OCH3 is 1. The molecule has 7 nitrogen and oxygen atoms in total. The third kappa shape index (κ3) is 6.74. The number of carbonyl (C=O) groups excluding carboxylic acids is 1. The topological polar surface area (TPSA) is 84.8 Å². The Kier molecular flexibility index (Phi) is 8.34. The third-order valence-electron chi connectivity index (χ3n) is 6.65. The first kappa shape index (κ1) is 28.3. The number of nitrogens with one attached hydrogen (secondary N) is 2. The first-order chi connectivity index (χ1) is 19.7. The van der Waals surface area contributed by atoms with Crippen molar-refractivity contribution in [1.29, 1.82) is 0 Å². The molecule has 3 aromatic carbocycles. The van der Waals surface area contributed by atoms with E-state index in [1.807, 2.05) is 61.5 Å². The molecule has 41 heavy (non-hydrogen) atoms. The Hall–Kier alpha value is -4.25. The fourth-order valence-corrected chi connectivity index (χ4v) is 5.47. The Labute approximate surface area is 239 Å². The van der Waals surface area contributed by atoms with Crippen LogP contribution in [0.2, 0.25) is 0 Å². The molecule has 5 aromatic rings. The average molecular weight is 580 g/mol. The van der Waals surface area contributed by atoms with E-state index in [-0.39, 0.29) is 17.5 Å². The van der Waals surface area contributed by atoms with Gasteiger partial charge in [0.05, 0.1) is 25.3 Å². The lowest BCUT2D eigenvalue weighted by molar-refractivity contribution is -0.121. The smallest absolute Gasteiger partial charge is 0.398 e. The van der Waals surface area contributed by atoms with Crippen molar-refractivity contribution in [3.63, 3.8) is 0 Å². The third-order valence-corrected chi connectivity index (χ3v) is 7.64. The highest BCUT2D eigenvalue weighted by Crippen LogP contribution is 2.32. The van der Waals surface area contributed by atoms with Gasteiger partial charge in [-0.05, 0) is 54.8 Å². The zero-order valence-electron chi connectivity index (χ0n) is 22.4. The van der Waals surface area contributed by atoms with Crippen LogP contribution in [0.15, 0.2) is 84.0 Å². The fourth-order valence-electron chi connectivity index (χ4n) is 4.75. The molecular weight excluding hydrogens is 551 g/mol. The molecule has 0 spiro atoms. The Morgan fingerprint density at radius 3 is 2.44 bits per heavy atom. The van der Waals surface area contributed by atoms with E-state index < -0.39 is 18.0 Å². The van der Waals surface area contributed by atoms with Crippen molar-refractivity contribution >= 4 is 28.6 Å². The van der Waals surface area contributed by atoms with E-state index in [1.165, 1.54) is 7.11 Å². The highest BCUT2D eigenvalue weighted by molar-refractivity contribution is 7.99. The van der Waals surface area contributed by atoms with E-state index in [4.69, 9.17) is 4.74 Å². The van der Waals surface area contributed by atoms with Crippen LogP contribution >= 0.6 is 11.8 Å². The molecule has 0 aliphatic rings. The molecule has 0 aliphatic heterocycles. The lowest BCUT2D eigenvalue weighted by Crippen LogP contribution is -2.33. The molecule has 212 valence electrons. The summed E-state index contributed by atoms with van der Waals surface area (Å²) in [6, 6.07) is 23.5. The number of fused-ring (bicyclic) bond motifs is 1. The molecule has 0 radical (unpaired) electrons. The lowest BCUT2D eigenvalue weighted by atomic mass is 10.0. The van der Waals surface area contributed by atoms with Crippen molar-refractivity contribution in [2.24, 2.45) is 0 Å². The van der Waals surface area contributed by atoms with Gasteiger partial charge in [0.15, 0.2) is 11.0 Å². The highest BCUT2D eigenvalue weighted by atomic mass is 32.2. The fraction of sp³-hybridized carbons (Fsp3) is 0.233. The summed E-state index contributed by atoms with van der Waals surface area (Å²) in [5.74, 6) is -0.451. The van der Waals surface area contributed by atoms with Crippen LogP contribution in [0.1, 0.15) is 28.7 Å². The van der Waals surface area contributed by atoms with Crippen molar-refractivity contribution in [1.82, 2.24) is 25.1 Å². The standard InChI is InChI=1S/C30H28F3N5O2S/c1-19-24(23-10-6-7-11-25(23)34-19)17-27(39)35-26(16-20-8-4-3-5-9-20)28-36-37-29(41-18-30(31,32)33)38(28)21-12-14-22(40-2)15-13-21/h3-15,26,34H,16-18H2,1-2H3,(H,35,39)/t26-/m0/s1. The van der Waals surface area contributed by atoms with Gasteiger partial charge in [0.1, 0.15) is 5.75 Å². The van der Waals surface area contributed by atoms with E-state index >= 15 is 0 Å². The van der Waals surface area contributed by atoms with Crippen LogP contribution in [0.3, 0.4) is 0 Å². The number of nitrogens with zero attached hydrogens (tertiary/aromatic N) is 3. The zero-order chi connectivity index (χ0) is 29.0. The maximum Gasteiger partial charge on any atom is 0.398 e. The normalized spacial score (nSPS) is 12.4. The molecule has 11 heteroatoms. The SMILES string of the molecule is COc1ccc(-n2c(SCC(F)(F)F)nnc2[C@H](Cc2ccccc2)NC(=O)Cc2c(C)[nH]c3ccccc23)cc1. The summed E-state index contributed by atoms with van der Waals surface area (Å²) >= 11 is 0.546. The second kappa shape index (κ2) is 12.1. The van der Waals surface area contributed by atoms with Crippen LogP contribution in [0.25, 0.3) is 16.6 Å². The number of H-pyrrole nitrogens is 1. The number of aromatic amines is 1. The van der Waals surface area contributed by atoms with Gasteiger partial charge in [-0.25, -0.2) is 0 Å². The van der Waals surface area contributed by atoms with Crippen LogP contribution < -0.4 is 10.1 Å². The minimum atomic E-state index is -4.39. The van der Waals surface area contributed by atoms with E-state index in [9.17, 15) is 18.0 Å². The van der Waals surface area contributed by atoms with Crippen LogP contribution in [0, 0.1) is 6.92 Å². The number of thioether (sulfide) groups is 1. The summed E-state index contributed by atoms with van der Waals surface area (Å²) in [4.78, 5) is 16.8. The maximum absolute atomic E-state index is 13.5. The molecule has 0 fully saturated rings. The molecule has 5 rings (SSSR count). The number of ether oxygens (including phenoxy) is 1. The Morgan fingerprint density at radius 2 is 1.73 bits per heavy atom. The van der Waals surface area contributed by atoms with Crippen molar-refractivity contribution in [3.8, 4) is 11.4 Å². The molecule has 2 heterocycles. The van der Waals surface area contributed by atoms with Gasteiger partial charge in [0.2, 0.25) is 5.91 Å². The minimum absolute atomic E-state index is 0.0716. The number of hydrogen-bond donors (Lipinski definition) is 2. The Morgan fingerprint density at radius 1 is 1.02 bits per heavy atom. The number of aryl methyl sites for hydroxylation is 1. The van der Waals surface area contributed by atoms with Gasteiger partial charge in [-0.3, -0.25) is 9.36 Å². The molecule has 0 saturated heterocycles. The van der Waals surface area contributed by atoms with Crippen LogP contribution in [-0.2, 0) is 17.6 Å². The number of alkyl halides is 3. The number of para-hydroxylation sites is 1. The van der Waals surface area contributed by atoms with Crippen molar-refractivity contribution in [2.45, 2.75) is 37.1 Å². The Bertz CT molecular complexity index is 1630. The maximum atomic E-state index is 13.5. The predicted octanol–water partition coefficient (Wildman–Crippen LogP) is 6.36. The number of carbonyl (C=O) groups is 1. The summed E-state index contributed by atoms with van der Waals surface area (Å²) in [7, 11) is 1.53. The number of benzene rings is 3. The molecule has 1 atom stereocenters. The zero-order valence-corrected chi connectivity index (χ0v) is 23.2. The molecule has 2 aromatic heterocycles. The lowest BCUT2D eigenvalue weighted by Gasteiger charge is -2.21. The van der Waals surface area contributed by atoms with E-state index in [0.717, 1.165) is 27.7 Å². The monoisotopic (exact) mass is 579 g/mol. The number of halogens is 3. The van der Waals surface area contributed by atoms with Gasteiger partial charge < -0.3 is 15.0 Å². The first-order valence-electron chi connectivity index (χ1n) is 12.9. The largest absolute Gasteiger partial charge is 0.497 e. The average Bonchev–Trinajstić information content (AvgIpc) is 3.52. The second-order valence-electron chi connectivity index (χ2n) is 9.54. The van der Waals surface area contributed by atoms with Crippen molar-refractivity contribution < 1.29 is 22.7 Å². The van der Waals surface area contributed by atoms with E-state index in [2.05, 4.69) is 20.5 Å². The van der Waals surface area contributed by atoms with E-state index in [0.29, 0.717) is 35.4 Å². The number of aromatic nitrogens is 4. The van der Waals surface area contributed by atoms with E-state index in [1.54, 1.807) is 28.8 Å². The minimum Gasteiger partial charge on any atom is -0.497 e. The second-order valence-corrected chi connectivity index (χ2v) is 10.5. The van der Waals surface area contributed by atoms with Crippen LogP contribution in [-0.4, -0.2) is 44.7 Å². The highest BCUT2D eigenvalue weighted by Gasteiger charge is 2.31. The van der Waals surface area contributed by atoms with Crippen LogP contribution in [0.4, 0.5) is 13.2 Å². The van der Waals surface area contributed by atoms with Gasteiger partial charge in [-0.15, -0.1) is 10.2 Å². The first-order valence-corrected chi connectivity index (χ1v) is 13.9. The molecule has 1 amide bonds. The molecule has 0 bridgehead atoms. The molecule has 0 aliphatic carbocycles. The number of rotatable bonds is 10. The summed E-state index contributed by atoms with van der Waals surface area (Å²) < 4.78 is 46.3. The summed E-state index contributed by atoms with van der Waals surface area (Å²) in [5, 5.41) is 12.6. The van der Waals surface area contributed by atoms with Crippen LogP contribution in [0.5, 0.6) is 5.75 Å². The summed E-state index contributed by atoms with van der Waals surface area (Å²) in [6.45, 7) is 1.93. The van der Waals surface area contributed by atoms with Gasteiger partial charge in [0, 0.05) is 22.3 Å². The van der Waals surface area contributed by atoms with Crippen molar-refractivity contribution in [2.75, 3.05) is 12.9 Å². The van der Waals surface area contributed by atoms with Gasteiger partial charge in [-0.2, -0.15) is 13.2 Å². The van der Waals surface area contributed by atoms with Crippen molar-refractivity contribution in [3.05, 3.63) is 102 Å². The summed E-state index contributed by atoms with van der Waals surface area (Å²) in [6.07, 6.45) is -3.92. The van der Waals surface area contributed by atoms with Gasteiger partial charge >= 0.3 is 6.18 Å².